The number of aromatic hydroxyl groups is 1. The molecule has 5 nitrogen and oxygen atoms in total. The van der Waals surface area contributed by atoms with Crippen molar-refractivity contribution in [3.63, 3.8) is 0 Å². The van der Waals surface area contributed by atoms with Crippen LogP contribution in [0.5, 0.6) is 11.5 Å². The Bertz CT molecular complexity index is 733. The van der Waals surface area contributed by atoms with Gasteiger partial charge in [-0.2, -0.15) is 0 Å². The molecular weight excluding hydrogens is 294 g/mol. The van der Waals surface area contributed by atoms with Crippen LogP contribution >= 0.6 is 0 Å². The average Bonchev–Trinajstić information content (AvgIpc) is 2.54. The van der Waals surface area contributed by atoms with Crippen molar-refractivity contribution < 1.29 is 19.4 Å². The van der Waals surface area contributed by atoms with Crippen LogP contribution in [0, 0.1) is 0 Å². The molecule has 0 fully saturated rings. The van der Waals surface area contributed by atoms with Crippen LogP contribution in [0.25, 0.3) is 6.08 Å². The highest BCUT2D eigenvalue weighted by Gasteiger charge is 2.14. The molecule has 0 radical (unpaired) electrons. The average molecular weight is 311 g/mol. The van der Waals surface area contributed by atoms with Gasteiger partial charge in [0, 0.05) is 14.1 Å². The van der Waals surface area contributed by atoms with Gasteiger partial charge in [-0.15, -0.1) is 0 Å². The topological polar surface area (TPSA) is 66.8 Å². The van der Waals surface area contributed by atoms with Gasteiger partial charge in [-0.3, -0.25) is 4.79 Å². The summed E-state index contributed by atoms with van der Waals surface area (Å²) < 4.78 is 5.20. The zero-order valence-electron chi connectivity index (χ0n) is 12.9. The van der Waals surface area contributed by atoms with Crippen molar-refractivity contribution in [2.75, 3.05) is 14.1 Å². The maximum atomic E-state index is 12.3. The second-order valence-electron chi connectivity index (χ2n) is 5.05. The Morgan fingerprint density at radius 2 is 1.70 bits per heavy atom. The van der Waals surface area contributed by atoms with Gasteiger partial charge in [0.2, 0.25) is 0 Å². The van der Waals surface area contributed by atoms with Crippen LogP contribution in [0.2, 0.25) is 0 Å². The molecule has 1 amide bonds. The number of phenols is 1. The molecule has 0 saturated carbocycles. The fraction of sp³-hybridized carbons (Fsp3) is 0.111. The number of hydrogen-bond acceptors (Lipinski definition) is 4. The molecule has 0 atom stereocenters. The first-order chi connectivity index (χ1) is 11.0. The minimum Gasteiger partial charge on any atom is -0.508 e. The van der Waals surface area contributed by atoms with Crippen LogP contribution < -0.4 is 4.74 Å². The van der Waals surface area contributed by atoms with E-state index >= 15 is 0 Å². The lowest BCUT2D eigenvalue weighted by molar-refractivity contribution is 0.104. The number of hydrogen-bond donors (Lipinski definition) is 1. The number of ketones is 1. The summed E-state index contributed by atoms with van der Waals surface area (Å²) in [6, 6.07) is 13.0. The van der Waals surface area contributed by atoms with E-state index in [-0.39, 0.29) is 17.3 Å². The zero-order valence-corrected chi connectivity index (χ0v) is 12.9. The van der Waals surface area contributed by atoms with Crippen molar-refractivity contribution >= 4 is 18.0 Å². The number of carbonyl (C=O) groups excluding carboxylic acids is 2. The van der Waals surface area contributed by atoms with Gasteiger partial charge in [0.1, 0.15) is 11.5 Å². The van der Waals surface area contributed by atoms with Crippen LogP contribution in [-0.2, 0) is 0 Å². The third kappa shape index (κ3) is 4.44. The Hall–Kier alpha value is -3.08. The smallest absolute Gasteiger partial charge is 0.414 e. The summed E-state index contributed by atoms with van der Waals surface area (Å²) >= 11 is 0. The Balaban J connectivity index is 2.19. The number of rotatable bonds is 4. The molecule has 0 aromatic heterocycles. The highest BCUT2D eigenvalue weighted by Crippen LogP contribution is 2.20. The molecule has 0 aliphatic rings. The molecule has 0 aliphatic carbocycles. The van der Waals surface area contributed by atoms with Gasteiger partial charge in [-0.25, -0.2) is 4.79 Å². The van der Waals surface area contributed by atoms with Gasteiger partial charge in [0.15, 0.2) is 5.78 Å². The van der Waals surface area contributed by atoms with E-state index in [4.69, 9.17) is 4.74 Å². The normalized spacial score (nSPS) is 10.5. The fourth-order valence-electron chi connectivity index (χ4n) is 1.79. The van der Waals surface area contributed by atoms with E-state index in [0.717, 1.165) is 5.56 Å². The first-order valence-electron chi connectivity index (χ1n) is 6.97. The summed E-state index contributed by atoms with van der Waals surface area (Å²) in [5, 5.41) is 9.23. The SMILES string of the molecule is CN(C)C(=O)Oc1ccccc1C(=O)/C=C/c1ccc(O)cc1. The monoisotopic (exact) mass is 311 g/mol. The van der Waals surface area contributed by atoms with E-state index in [1.54, 1.807) is 56.6 Å². The summed E-state index contributed by atoms with van der Waals surface area (Å²) in [7, 11) is 3.13. The quantitative estimate of drug-likeness (QED) is 0.694. The van der Waals surface area contributed by atoms with E-state index in [1.807, 2.05) is 0 Å². The maximum absolute atomic E-state index is 12.3. The summed E-state index contributed by atoms with van der Waals surface area (Å²) in [4.78, 5) is 25.3. The minimum atomic E-state index is -0.548. The molecule has 1 N–H and O–H groups in total. The van der Waals surface area contributed by atoms with Gasteiger partial charge in [0.25, 0.3) is 0 Å². The van der Waals surface area contributed by atoms with E-state index in [9.17, 15) is 14.7 Å². The Labute approximate surface area is 134 Å². The number of phenolic OH excluding ortho intramolecular Hbond substituents is 1. The van der Waals surface area contributed by atoms with Crippen LogP contribution in [-0.4, -0.2) is 36.0 Å². The number of nitrogens with zero attached hydrogens (tertiary/aromatic N) is 1. The van der Waals surface area contributed by atoms with Crippen LogP contribution in [0.4, 0.5) is 4.79 Å². The van der Waals surface area contributed by atoms with Crippen molar-refractivity contribution in [3.05, 3.63) is 65.7 Å². The molecule has 2 rings (SSSR count). The molecule has 2 aromatic rings. The predicted octanol–water partition coefficient (Wildman–Crippen LogP) is 3.35. The molecule has 0 heterocycles. The highest BCUT2D eigenvalue weighted by atomic mass is 16.6. The number of ether oxygens (including phenoxy) is 1. The van der Waals surface area contributed by atoms with E-state index < -0.39 is 6.09 Å². The first kappa shape index (κ1) is 16.3. The van der Waals surface area contributed by atoms with Crippen LogP contribution in [0.1, 0.15) is 15.9 Å². The molecule has 0 aliphatic heterocycles. The second-order valence-corrected chi connectivity index (χ2v) is 5.05. The third-order valence-electron chi connectivity index (χ3n) is 3.04. The van der Waals surface area contributed by atoms with Crippen LogP contribution in [0.15, 0.2) is 54.6 Å². The predicted molar refractivity (Wildman–Crippen MR) is 87.6 cm³/mol. The number of amides is 1. The standard InChI is InChI=1S/C18H17NO4/c1-19(2)18(22)23-17-6-4-3-5-15(17)16(21)12-9-13-7-10-14(20)11-8-13/h3-12,20H,1-2H3/b12-9+. The van der Waals surface area contributed by atoms with Crippen molar-refractivity contribution in [1.82, 2.24) is 4.90 Å². The molecule has 118 valence electrons. The van der Waals surface area contributed by atoms with E-state index in [1.165, 1.54) is 23.1 Å². The fourth-order valence-corrected chi connectivity index (χ4v) is 1.79. The third-order valence-corrected chi connectivity index (χ3v) is 3.04. The number of benzene rings is 2. The maximum Gasteiger partial charge on any atom is 0.414 e. The van der Waals surface area contributed by atoms with Crippen molar-refractivity contribution in [1.29, 1.82) is 0 Å². The molecular formula is C18H17NO4. The van der Waals surface area contributed by atoms with Gasteiger partial charge in [-0.05, 0) is 35.9 Å². The molecule has 2 aromatic carbocycles. The molecule has 0 bridgehead atoms. The summed E-state index contributed by atoms with van der Waals surface area (Å²) in [5.74, 6) is 0.0983. The summed E-state index contributed by atoms with van der Waals surface area (Å²) in [5.41, 5.74) is 1.08. The number of allylic oxidation sites excluding steroid dienone is 1. The summed E-state index contributed by atoms with van der Waals surface area (Å²) in [6.45, 7) is 0. The molecule has 0 saturated heterocycles. The summed E-state index contributed by atoms with van der Waals surface area (Å²) in [6.07, 6.45) is 2.48. The Morgan fingerprint density at radius 1 is 1.04 bits per heavy atom. The lowest BCUT2D eigenvalue weighted by Gasteiger charge is -2.12. The van der Waals surface area contributed by atoms with Gasteiger partial charge in [0.05, 0.1) is 5.56 Å². The highest BCUT2D eigenvalue weighted by molar-refractivity contribution is 6.08. The lowest BCUT2D eigenvalue weighted by atomic mass is 10.1. The zero-order chi connectivity index (χ0) is 16.8. The molecule has 23 heavy (non-hydrogen) atoms. The van der Waals surface area contributed by atoms with Gasteiger partial charge in [-0.1, -0.05) is 30.3 Å². The number of para-hydroxylation sites is 1. The van der Waals surface area contributed by atoms with Crippen molar-refractivity contribution in [2.45, 2.75) is 0 Å². The van der Waals surface area contributed by atoms with Gasteiger partial charge >= 0.3 is 6.09 Å². The lowest BCUT2D eigenvalue weighted by Crippen LogP contribution is -2.25. The van der Waals surface area contributed by atoms with Crippen molar-refractivity contribution in [2.24, 2.45) is 0 Å². The molecule has 0 unspecified atom stereocenters. The van der Waals surface area contributed by atoms with Gasteiger partial charge < -0.3 is 14.7 Å². The van der Waals surface area contributed by atoms with Crippen LogP contribution in [0.3, 0.4) is 0 Å². The number of carbonyl (C=O) groups is 2. The second kappa shape index (κ2) is 7.26. The Kier molecular flexibility index (Phi) is 5.15. The molecule has 5 heteroatoms. The van der Waals surface area contributed by atoms with E-state index in [2.05, 4.69) is 0 Å². The first-order valence-corrected chi connectivity index (χ1v) is 6.97. The minimum absolute atomic E-state index is 0.161. The largest absolute Gasteiger partial charge is 0.508 e. The Morgan fingerprint density at radius 3 is 2.35 bits per heavy atom. The van der Waals surface area contributed by atoms with Crippen molar-refractivity contribution in [3.8, 4) is 11.5 Å². The van der Waals surface area contributed by atoms with E-state index in [0.29, 0.717) is 5.56 Å². The molecule has 0 spiro atoms.